The van der Waals surface area contributed by atoms with Gasteiger partial charge in [-0.1, -0.05) is 18.2 Å². The molecule has 2 aromatic rings. The van der Waals surface area contributed by atoms with E-state index in [0.29, 0.717) is 13.1 Å². The molecule has 2 rings (SSSR count). The van der Waals surface area contributed by atoms with Gasteiger partial charge in [0.2, 0.25) is 0 Å². The lowest BCUT2D eigenvalue weighted by molar-refractivity contribution is 0.650. The first kappa shape index (κ1) is 10.9. The van der Waals surface area contributed by atoms with Crippen molar-refractivity contribution in [3.8, 4) is 0 Å². The monoisotopic (exact) mass is 216 g/mol. The average molecular weight is 216 g/mol. The largest absolute Gasteiger partial charge is 0.330 e. The number of pyridine rings is 1. The fourth-order valence-electron chi connectivity index (χ4n) is 1.98. The third-order valence-electron chi connectivity index (χ3n) is 2.81. The minimum atomic E-state index is 0.0599. The molecule has 1 heterocycles. The predicted octanol–water partition coefficient (Wildman–Crippen LogP) is 1.66. The van der Waals surface area contributed by atoms with E-state index in [0.717, 1.165) is 22.9 Å². The molecule has 0 atom stereocenters. The van der Waals surface area contributed by atoms with Crippen LogP contribution >= 0.6 is 0 Å². The second-order valence-electron chi connectivity index (χ2n) is 3.98. The number of hydrogen-bond donors (Lipinski definition) is 1. The number of rotatable bonds is 3. The van der Waals surface area contributed by atoms with Gasteiger partial charge in [0.1, 0.15) is 0 Å². The summed E-state index contributed by atoms with van der Waals surface area (Å²) in [5.74, 6) is 0. The molecule has 0 amide bonds. The minimum Gasteiger partial charge on any atom is -0.330 e. The number of nitrogens with zero attached hydrogens (tertiary/aromatic N) is 1. The van der Waals surface area contributed by atoms with Crippen molar-refractivity contribution in [2.75, 3.05) is 6.54 Å². The van der Waals surface area contributed by atoms with Crippen LogP contribution in [0.25, 0.3) is 10.9 Å². The number of benzene rings is 1. The van der Waals surface area contributed by atoms with Gasteiger partial charge in [-0.3, -0.25) is 4.79 Å². The molecule has 0 fully saturated rings. The summed E-state index contributed by atoms with van der Waals surface area (Å²) >= 11 is 0. The quantitative estimate of drug-likeness (QED) is 0.848. The summed E-state index contributed by atoms with van der Waals surface area (Å²) < 4.78 is 1.80. The molecule has 84 valence electrons. The molecule has 0 radical (unpaired) electrons. The lowest BCUT2D eigenvalue weighted by Crippen LogP contribution is -2.21. The Kier molecular flexibility index (Phi) is 3.06. The van der Waals surface area contributed by atoms with E-state index in [1.54, 1.807) is 10.6 Å². The maximum atomic E-state index is 11.9. The zero-order valence-corrected chi connectivity index (χ0v) is 9.44. The van der Waals surface area contributed by atoms with E-state index in [4.69, 9.17) is 5.73 Å². The molecule has 3 heteroatoms. The summed E-state index contributed by atoms with van der Waals surface area (Å²) in [7, 11) is 0. The van der Waals surface area contributed by atoms with Crippen molar-refractivity contribution in [1.29, 1.82) is 0 Å². The first-order valence-corrected chi connectivity index (χ1v) is 5.53. The standard InChI is InChI=1S/C13H16N2O/c1-10-9-13(16)15(8-4-7-14)12-6-3-2-5-11(10)12/h2-3,5-6,9H,4,7-8,14H2,1H3. The molecular weight excluding hydrogens is 200 g/mol. The Labute approximate surface area is 94.5 Å². The second-order valence-corrected chi connectivity index (χ2v) is 3.98. The lowest BCUT2D eigenvalue weighted by atomic mass is 10.1. The van der Waals surface area contributed by atoms with Crippen molar-refractivity contribution in [3.63, 3.8) is 0 Å². The van der Waals surface area contributed by atoms with Gasteiger partial charge in [0.05, 0.1) is 5.52 Å². The molecule has 0 spiro atoms. The molecule has 0 bridgehead atoms. The summed E-state index contributed by atoms with van der Waals surface area (Å²) in [6.07, 6.45) is 0.826. The highest BCUT2D eigenvalue weighted by atomic mass is 16.1. The molecule has 0 saturated carbocycles. The highest BCUT2D eigenvalue weighted by Gasteiger charge is 2.04. The molecule has 2 N–H and O–H groups in total. The Morgan fingerprint density at radius 1 is 1.31 bits per heavy atom. The van der Waals surface area contributed by atoms with Crippen LogP contribution in [0.2, 0.25) is 0 Å². The summed E-state index contributed by atoms with van der Waals surface area (Å²) in [5, 5.41) is 1.14. The van der Waals surface area contributed by atoms with Crippen LogP contribution < -0.4 is 11.3 Å². The van der Waals surface area contributed by atoms with Crippen LogP contribution in [0.5, 0.6) is 0 Å². The van der Waals surface area contributed by atoms with Crippen LogP contribution in [0.4, 0.5) is 0 Å². The first-order chi connectivity index (χ1) is 7.74. The number of hydrogen-bond acceptors (Lipinski definition) is 2. The van der Waals surface area contributed by atoms with E-state index in [1.165, 1.54) is 0 Å². The van der Waals surface area contributed by atoms with Gasteiger partial charge in [0, 0.05) is 18.0 Å². The molecule has 3 nitrogen and oxygen atoms in total. The zero-order valence-electron chi connectivity index (χ0n) is 9.44. The first-order valence-electron chi connectivity index (χ1n) is 5.53. The number of aromatic nitrogens is 1. The van der Waals surface area contributed by atoms with Crippen molar-refractivity contribution >= 4 is 10.9 Å². The second kappa shape index (κ2) is 4.49. The maximum absolute atomic E-state index is 11.9. The van der Waals surface area contributed by atoms with Crippen LogP contribution in [-0.4, -0.2) is 11.1 Å². The summed E-state index contributed by atoms with van der Waals surface area (Å²) in [5.41, 5.74) is 7.58. The van der Waals surface area contributed by atoms with Crippen LogP contribution in [0.3, 0.4) is 0 Å². The van der Waals surface area contributed by atoms with Gasteiger partial charge in [-0.25, -0.2) is 0 Å². The molecule has 1 aromatic heterocycles. The molecule has 0 aliphatic carbocycles. The summed E-state index contributed by atoms with van der Waals surface area (Å²) in [6, 6.07) is 9.68. The number of nitrogens with two attached hydrogens (primary N) is 1. The van der Waals surface area contributed by atoms with Gasteiger partial charge in [-0.05, 0) is 31.5 Å². The van der Waals surface area contributed by atoms with Crippen LogP contribution in [0.1, 0.15) is 12.0 Å². The topological polar surface area (TPSA) is 48.0 Å². The highest BCUT2D eigenvalue weighted by Crippen LogP contribution is 2.15. The average Bonchev–Trinajstić information content (AvgIpc) is 2.29. The third kappa shape index (κ3) is 1.86. The van der Waals surface area contributed by atoms with Gasteiger partial charge in [-0.2, -0.15) is 0 Å². The SMILES string of the molecule is Cc1cc(=O)n(CCCN)c2ccccc12. The molecule has 0 saturated heterocycles. The molecule has 0 aliphatic rings. The predicted molar refractivity (Wildman–Crippen MR) is 66.6 cm³/mol. The number of fused-ring (bicyclic) bond motifs is 1. The molecule has 16 heavy (non-hydrogen) atoms. The zero-order chi connectivity index (χ0) is 11.5. The molecule has 1 aromatic carbocycles. The Bertz CT molecular complexity index is 557. The molecule has 0 aliphatic heterocycles. The Morgan fingerprint density at radius 2 is 2.06 bits per heavy atom. The van der Waals surface area contributed by atoms with Crippen molar-refractivity contribution < 1.29 is 0 Å². The number of para-hydroxylation sites is 1. The summed E-state index contributed by atoms with van der Waals surface area (Å²) in [4.78, 5) is 11.9. The van der Waals surface area contributed by atoms with Crippen LogP contribution in [-0.2, 0) is 6.54 Å². The molecule has 0 unspecified atom stereocenters. The van der Waals surface area contributed by atoms with Crippen LogP contribution in [0, 0.1) is 6.92 Å². The van der Waals surface area contributed by atoms with E-state index in [-0.39, 0.29) is 5.56 Å². The normalized spacial score (nSPS) is 10.9. The van der Waals surface area contributed by atoms with E-state index in [1.807, 2.05) is 31.2 Å². The lowest BCUT2D eigenvalue weighted by Gasteiger charge is -2.11. The van der Waals surface area contributed by atoms with Crippen molar-refractivity contribution in [3.05, 3.63) is 46.2 Å². The smallest absolute Gasteiger partial charge is 0.251 e. The minimum absolute atomic E-state index is 0.0599. The fourth-order valence-corrected chi connectivity index (χ4v) is 1.98. The van der Waals surface area contributed by atoms with Crippen LogP contribution in [0.15, 0.2) is 35.1 Å². The Morgan fingerprint density at radius 3 is 2.81 bits per heavy atom. The molecular formula is C13H16N2O. The third-order valence-corrected chi connectivity index (χ3v) is 2.81. The Balaban J connectivity index is 2.66. The maximum Gasteiger partial charge on any atom is 0.251 e. The van der Waals surface area contributed by atoms with Crippen molar-refractivity contribution in [2.24, 2.45) is 5.73 Å². The van der Waals surface area contributed by atoms with E-state index in [9.17, 15) is 4.79 Å². The van der Waals surface area contributed by atoms with Gasteiger partial charge in [-0.15, -0.1) is 0 Å². The Hall–Kier alpha value is -1.61. The van der Waals surface area contributed by atoms with E-state index >= 15 is 0 Å². The van der Waals surface area contributed by atoms with E-state index < -0.39 is 0 Å². The highest BCUT2D eigenvalue weighted by molar-refractivity contribution is 5.82. The van der Waals surface area contributed by atoms with Crippen molar-refractivity contribution in [2.45, 2.75) is 19.9 Å². The number of aryl methyl sites for hydroxylation is 2. The van der Waals surface area contributed by atoms with Gasteiger partial charge in [0.25, 0.3) is 5.56 Å². The summed E-state index contributed by atoms with van der Waals surface area (Å²) in [6.45, 7) is 3.27. The van der Waals surface area contributed by atoms with Gasteiger partial charge >= 0.3 is 0 Å². The van der Waals surface area contributed by atoms with Gasteiger partial charge < -0.3 is 10.3 Å². The van der Waals surface area contributed by atoms with Crippen molar-refractivity contribution in [1.82, 2.24) is 4.57 Å². The van der Waals surface area contributed by atoms with E-state index in [2.05, 4.69) is 0 Å². The van der Waals surface area contributed by atoms with Gasteiger partial charge in [0.15, 0.2) is 0 Å². The fraction of sp³-hybridized carbons (Fsp3) is 0.308.